The quantitative estimate of drug-likeness (QED) is 0.767. The molecule has 1 fully saturated rings. The molecule has 128 valence electrons. The molecule has 1 atom stereocenters. The first-order valence-corrected chi connectivity index (χ1v) is 8.29. The molecule has 5 nitrogen and oxygen atoms in total. The average molecular weight is 362 g/mol. The van der Waals surface area contributed by atoms with Gasteiger partial charge in [0.2, 0.25) is 0 Å². The number of aliphatic hydroxyl groups is 2. The molecule has 0 saturated carbocycles. The molecule has 1 aromatic rings. The molecular weight excluding hydrogens is 341 g/mol. The third-order valence-corrected chi connectivity index (χ3v) is 5.02. The first kappa shape index (κ1) is 18.3. The van der Waals surface area contributed by atoms with Gasteiger partial charge in [0.25, 0.3) is 5.91 Å². The van der Waals surface area contributed by atoms with Gasteiger partial charge in [-0.05, 0) is 43.7 Å². The fourth-order valence-corrected chi connectivity index (χ4v) is 3.14. The maximum Gasteiger partial charge on any atom is 0.256 e. The van der Waals surface area contributed by atoms with Crippen molar-refractivity contribution in [2.75, 3.05) is 19.7 Å². The van der Waals surface area contributed by atoms with E-state index in [1.165, 1.54) is 13.0 Å². The zero-order chi connectivity index (χ0) is 17.2. The smallest absolute Gasteiger partial charge is 0.256 e. The SMILES string of the molecule is CC(O)(CO)C(=O)N1CCC(Cc2cc(Cl)c(Cl)cc2O)CC1. The second-order valence-corrected chi connectivity index (χ2v) is 7.08. The van der Waals surface area contributed by atoms with Crippen molar-refractivity contribution in [1.82, 2.24) is 4.90 Å². The topological polar surface area (TPSA) is 81.0 Å². The lowest BCUT2D eigenvalue weighted by molar-refractivity contribution is -0.154. The second kappa shape index (κ2) is 7.26. The van der Waals surface area contributed by atoms with Crippen LogP contribution in [-0.4, -0.2) is 51.4 Å². The number of nitrogens with zero attached hydrogens (tertiary/aromatic N) is 1. The van der Waals surface area contributed by atoms with Gasteiger partial charge in [0, 0.05) is 19.2 Å². The predicted octanol–water partition coefficient (Wildman–Crippen LogP) is 2.22. The summed E-state index contributed by atoms with van der Waals surface area (Å²) in [4.78, 5) is 13.7. The second-order valence-electron chi connectivity index (χ2n) is 6.27. The van der Waals surface area contributed by atoms with E-state index in [4.69, 9.17) is 28.3 Å². The lowest BCUT2D eigenvalue weighted by Gasteiger charge is -2.35. The third kappa shape index (κ3) is 4.29. The van der Waals surface area contributed by atoms with Gasteiger partial charge >= 0.3 is 0 Å². The van der Waals surface area contributed by atoms with E-state index in [1.54, 1.807) is 11.0 Å². The summed E-state index contributed by atoms with van der Waals surface area (Å²) in [7, 11) is 0. The molecule has 1 aliphatic heterocycles. The number of aromatic hydroxyl groups is 1. The van der Waals surface area contributed by atoms with Gasteiger partial charge in [-0.2, -0.15) is 0 Å². The van der Waals surface area contributed by atoms with Gasteiger partial charge in [-0.25, -0.2) is 0 Å². The van der Waals surface area contributed by atoms with Gasteiger partial charge in [0.15, 0.2) is 5.60 Å². The number of likely N-dealkylation sites (tertiary alicyclic amines) is 1. The number of hydrogen-bond acceptors (Lipinski definition) is 4. The lowest BCUT2D eigenvalue weighted by atomic mass is 9.89. The number of piperidine rings is 1. The molecule has 0 aromatic heterocycles. The molecule has 7 heteroatoms. The van der Waals surface area contributed by atoms with Crippen LogP contribution in [0.3, 0.4) is 0 Å². The van der Waals surface area contributed by atoms with E-state index in [1.807, 2.05) is 0 Å². The Morgan fingerprint density at radius 1 is 1.30 bits per heavy atom. The molecule has 0 bridgehead atoms. The van der Waals surface area contributed by atoms with Crippen molar-refractivity contribution < 1.29 is 20.1 Å². The molecule has 0 spiro atoms. The minimum atomic E-state index is -1.73. The molecule has 1 aromatic carbocycles. The number of phenols is 1. The third-order valence-electron chi connectivity index (χ3n) is 4.30. The van der Waals surface area contributed by atoms with Crippen molar-refractivity contribution in [3.05, 3.63) is 27.7 Å². The molecule has 2 rings (SSSR count). The average Bonchev–Trinajstić information content (AvgIpc) is 2.52. The van der Waals surface area contributed by atoms with Crippen LogP contribution in [0.2, 0.25) is 10.0 Å². The number of aliphatic hydroxyl groups excluding tert-OH is 1. The van der Waals surface area contributed by atoms with Gasteiger partial charge < -0.3 is 20.2 Å². The van der Waals surface area contributed by atoms with Crippen LogP contribution in [0.5, 0.6) is 5.75 Å². The minimum absolute atomic E-state index is 0.126. The van der Waals surface area contributed by atoms with Crippen molar-refractivity contribution >= 4 is 29.1 Å². The van der Waals surface area contributed by atoms with Crippen LogP contribution < -0.4 is 0 Å². The van der Waals surface area contributed by atoms with E-state index in [-0.39, 0.29) is 5.75 Å². The summed E-state index contributed by atoms with van der Waals surface area (Å²) in [6.07, 6.45) is 2.17. The number of benzene rings is 1. The molecule has 0 aliphatic carbocycles. The Morgan fingerprint density at radius 3 is 2.43 bits per heavy atom. The van der Waals surface area contributed by atoms with E-state index in [0.29, 0.717) is 35.5 Å². The lowest BCUT2D eigenvalue weighted by Crippen LogP contribution is -2.51. The minimum Gasteiger partial charge on any atom is -0.508 e. The van der Waals surface area contributed by atoms with Gasteiger partial charge in [-0.3, -0.25) is 4.79 Å². The van der Waals surface area contributed by atoms with Gasteiger partial charge in [-0.1, -0.05) is 23.2 Å². The number of hydrogen-bond donors (Lipinski definition) is 3. The number of halogens is 2. The van der Waals surface area contributed by atoms with Gasteiger partial charge in [0.1, 0.15) is 5.75 Å². The van der Waals surface area contributed by atoms with Gasteiger partial charge in [0.05, 0.1) is 16.7 Å². The molecule has 1 aliphatic rings. The van der Waals surface area contributed by atoms with Crippen LogP contribution in [0.1, 0.15) is 25.3 Å². The highest BCUT2D eigenvalue weighted by Crippen LogP contribution is 2.33. The summed E-state index contributed by atoms with van der Waals surface area (Å²) in [6, 6.07) is 3.11. The van der Waals surface area contributed by atoms with Crippen LogP contribution in [-0.2, 0) is 11.2 Å². The summed E-state index contributed by atoms with van der Waals surface area (Å²) < 4.78 is 0. The molecule has 23 heavy (non-hydrogen) atoms. The zero-order valence-corrected chi connectivity index (χ0v) is 14.4. The van der Waals surface area contributed by atoms with Crippen molar-refractivity contribution in [1.29, 1.82) is 0 Å². The molecule has 1 heterocycles. The summed E-state index contributed by atoms with van der Waals surface area (Å²) in [6.45, 7) is 1.75. The van der Waals surface area contributed by atoms with E-state index in [0.717, 1.165) is 18.4 Å². The van der Waals surface area contributed by atoms with Crippen LogP contribution in [0.15, 0.2) is 12.1 Å². The molecule has 1 saturated heterocycles. The number of carbonyl (C=O) groups excluding carboxylic acids is 1. The van der Waals surface area contributed by atoms with Crippen molar-refractivity contribution in [2.24, 2.45) is 5.92 Å². The zero-order valence-electron chi connectivity index (χ0n) is 12.9. The Kier molecular flexibility index (Phi) is 5.79. The maximum atomic E-state index is 12.1. The highest BCUT2D eigenvalue weighted by atomic mass is 35.5. The van der Waals surface area contributed by atoms with Crippen LogP contribution >= 0.6 is 23.2 Å². The van der Waals surface area contributed by atoms with Crippen LogP contribution in [0, 0.1) is 5.92 Å². The predicted molar refractivity (Wildman–Crippen MR) is 88.8 cm³/mol. The Labute approximate surface area is 145 Å². The molecule has 3 N–H and O–H groups in total. The number of carbonyl (C=O) groups is 1. The van der Waals surface area contributed by atoms with Crippen molar-refractivity contribution in [2.45, 2.75) is 31.8 Å². The molecule has 1 unspecified atom stereocenters. The van der Waals surface area contributed by atoms with Crippen LogP contribution in [0.25, 0.3) is 0 Å². The number of rotatable bonds is 4. The first-order valence-electron chi connectivity index (χ1n) is 7.54. The van der Waals surface area contributed by atoms with E-state index in [9.17, 15) is 15.0 Å². The Hall–Kier alpha value is -1.01. The fraction of sp³-hybridized carbons (Fsp3) is 0.562. The van der Waals surface area contributed by atoms with Crippen molar-refractivity contribution in [3.8, 4) is 5.75 Å². The number of amides is 1. The standard InChI is InChI=1S/C16H21Cl2NO4/c1-16(23,9-20)15(22)19-4-2-10(3-5-19)6-11-7-12(17)13(18)8-14(11)21/h7-8,10,20-21,23H,2-6,9H2,1H3. The fourth-order valence-electron chi connectivity index (χ4n) is 2.80. The largest absolute Gasteiger partial charge is 0.508 e. The summed E-state index contributed by atoms with van der Waals surface area (Å²) in [5.41, 5.74) is -0.985. The highest BCUT2D eigenvalue weighted by molar-refractivity contribution is 6.42. The molecule has 0 radical (unpaired) electrons. The Morgan fingerprint density at radius 2 is 1.87 bits per heavy atom. The van der Waals surface area contributed by atoms with Crippen molar-refractivity contribution in [3.63, 3.8) is 0 Å². The highest BCUT2D eigenvalue weighted by Gasteiger charge is 2.35. The summed E-state index contributed by atoms with van der Waals surface area (Å²) >= 11 is 11.8. The van der Waals surface area contributed by atoms with Crippen LogP contribution in [0.4, 0.5) is 0 Å². The van der Waals surface area contributed by atoms with E-state index < -0.39 is 18.1 Å². The Balaban J connectivity index is 1.95. The first-order chi connectivity index (χ1) is 10.7. The number of phenolic OH excluding ortho intramolecular Hbond substituents is 1. The summed E-state index contributed by atoms with van der Waals surface area (Å²) in [5, 5.41) is 29.6. The van der Waals surface area contributed by atoms with E-state index in [2.05, 4.69) is 0 Å². The monoisotopic (exact) mass is 361 g/mol. The van der Waals surface area contributed by atoms with E-state index >= 15 is 0 Å². The normalized spacial score (nSPS) is 18.7. The molecular formula is C16H21Cl2NO4. The Bertz CT molecular complexity index is 584. The maximum absolute atomic E-state index is 12.1. The summed E-state index contributed by atoms with van der Waals surface area (Å²) in [5.74, 6) is -0.0155. The molecule has 1 amide bonds. The van der Waals surface area contributed by atoms with Gasteiger partial charge in [-0.15, -0.1) is 0 Å².